The Hall–Kier alpha value is 3.29. The van der Waals surface area contributed by atoms with Crippen LogP contribution in [0.25, 0.3) is 0 Å². The third kappa shape index (κ3) is 1070. The first-order valence-corrected chi connectivity index (χ1v) is 16.2. The number of hydrogen-bond acceptors (Lipinski definition) is 15. The summed E-state index contributed by atoms with van der Waals surface area (Å²) < 4.78 is 129. The first-order valence-electron chi connectivity index (χ1n) is 2.74. The average molecular weight is 1030 g/mol. The molecule has 0 atom stereocenters. The van der Waals surface area contributed by atoms with E-state index in [-0.39, 0.29) is 53.1 Å². The Balaban J connectivity index is -0.0000000250. The summed E-state index contributed by atoms with van der Waals surface area (Å²) >= 11 is -21.0. The van der Waals surface area contributed by atoms with Crippen LogP contribution < -0.4 is 18.1 Å². The van der Waals surface area contributed by atoms with Crippen molar-refractivity contribution in [1.82, 2.24) is 0 Å². The van der Waals surface area contributed by atoms with Crippen molar-refractivity contribution < 1.29 is 145 Å². The molecule has 0 fully saturated rings. The Morgan fingerprint density at radius 1 is 0.364 bits per heavy atom. The van der Waals surface area contributed by atoms with Crippen LogP contribution in [0, 0.1) is 0 Å². The molecule has 0 saturated heterocycles. The molecule has 0 saturated carbocycles. The van der Waals surface area contributed by atoms with Gasteiger partial charge in [0.05, 0.1) is 0 Å². The van der Waals surface area contributed by atoms with Gasteiger partial charge in [-0.2, -0.15) is 0 Å². The molecule has 15 nitrogen and oxygen atoms in total. The molecule has 122 valence electrons. The summed E-state index contributed by atoms with van der Waals surface area (Å²) in [6, 6.07) is 0. The topological polar surface area (TPSA) is 286 Å². The van der Waals surface area contributed by atoms with E-state index in [4.69, 9.17) is 50.6 Å². The molecule has 22 heteroatoms. The molecule has 0 spiro atoms. The van der Waals surface area contributed by atoms with Crippen molar-refractivity contribution in [2.24, 2.45) is 0 Å². The molecule has 0 heterocycles. The number of hydrogen-bond donors (Lipinski definition) is 0. The fraction of sp³-hybridized carbons (Fsp3) is 0. The van der Waals surface area contributed by atoms with Crippen LogP contribution >= 0.6 is 0 Å². The van der Waals surface area contributed by atoms with Gasteiger partial charge in [0.1, 0.15) is 0 Å². The first-order chi connectivity index (χ1) is 8.66. The van der Waals surface area contributed by atoms with Crippen molar-refractivity contribution in [2.75, 3.05) is 0 Å². The minimum Gasteiger partial charge on any atom is 2.00 e. The van der Waals surface area contributed by atoms with Gasteiger partial charge >= 0.3 is 198 Å². The summed E-state index contributed by atoms with van der Waals surface area (Å²) in [6.07, 6.45) is 0. The maximum atomic E-state index is 8.60. The second kappa shape index (κ2) is 39.4. The zero-order chi connectivity index (χ0) is 17.9. The maximum absolute atomic E-state index is 8.60. The molecule has 0 aliphatic rings. The van der Waals surface area contributed by atoms with Gasteiger partial charge in [-0.15, -0.1) is 0 Å². The minimum atomic E-state index is -4.20. The fourth-order valence-electron chi connectivity index (χ4n) is 0. The molecule has 0 rings (SSSR count). The Morgan fingerprint density at radius 3 is 0.364 bits per heavy atom. The molecule has 0 aromatic carbocycles. The van der Waals surface area contributed by atoms with Crippen LogP contribution in [-0.4, -0.2) is 53.1 Å². The van der Waals surface area contributed by atoms with E-state index in [1.54, 1.807) is 0 Å². The molecule has 0 N–H and O–H groups in total. The molecule has 0 aliphatic carbocycles. The molecule has 0 amide bonds. The van der Waals surface area contributed by atoms with E-state index in [0.29, 0.717) is 0 Å². The predicted molar refractivity (Wildman–Crippen MR) is 18.4 cm³/mol. The van der Waals surface area contributed by atoms with Crippen molar-refractivity contribution in [3.63, 3.8) is 0 Å². The molecular weight excluding hydrogens is 1030 g/mol. The fourth-order valence-corrected chi connectivity index (χ4v) is 0. The molecule has 0 aromatic heterocycles. The summed E-state index contributed by atoms with van der Waals surface area (Å²) in [5.41, 5.74) is 0. The largest absolute Gasteiger partial charge is 2.00 e. The summed E-state index contributed by atoms with van der Waals surface area (Å²) in [7, 11) is 0. The van der Waals surface area contributed by atoms with Crippen LogP contribution in [0.3, 0.4) is 0 Å². The van der Waals surface area contributed by atoms with Crippen LogP contribution in [0.5, 0.6) is 0 Å². The molecule has 0 aliphatic heterocycles. The second-order valence-corrected chi connectivity index (χ2v) is 6.61. The minimum absolute atomic E-state index is 0. The van der Waals surface area contributed by atoms with Crippen LogP contribution in [0.1, 0.15) is 0 Å². The zero-order valence-corrected chi connectivity index (χ0v) is 27.6. The van der Waals surface area contributed by atoms with E-state index in [0.717, 1.165) is 0 Å². The van der Waals surface area contributed by atoms with Crippen LogP contribution in [0.2, 0.25) is 0 Å². The monoisotopic (exact) mass is 1030 g/mol. The maximum Gasteiger partial charge on any atom is 2.00 e. The predicted octanol–water partition coefficient (Wildman–Crippen LogP) is -7.91. The average Bonchev–Trinajstić information content (AvgIpc) is 1.94. The van der Waals surface area contributed by atoms with Gasteiger partial charge in [0.2, 0.25) is 0 Å². The van der Waals surface area contributed by atoms with Crippen molar-refractivity contribution in [1.29, 1.82) is 0 Å². The summed E-state index contributed by atoms with van der Waals surface area (Å²) in [4.78, 5) is 0. The third-order valence-electron chi connectivity index (χ3n) is 0. The van der Waals surface area contributed by atoms with Crippen molar-refractivity contribution in [3.05, 3.63) is 0 Å². The first kappa shape index (κ1) is 44.6. The Labute approximate surface area is 193 Å². The third-order valence-corrected chi connectivity index (χ3v) is 0. The SMILES string of the molecule is [In+3].[O]=[Nb](=[O])[O-].[O]=[Nb](=[O])[O-].[O]=[Nb](=[O])[O-].[O]=[Nb](=[O])[O-].[O]=[Nb](=[O])[O-].[Pb+2]. The van der Waals surface area contributed by atoms with E-state index in [1.165, 1.54) is 0 Å². The molecule has 0 aromatic rings. The van der Waals surface area contributed by atoms with Crippen molar-refractivity contribution in [3.8, 4) is 0 Å². The van der Waals surface area contributed by atoms with Gasteiger partial charge in [-0.3, -0.25) is 0 Å². The van der Waals surface area contributed by atoms with E-state index in [1.807, 2.05) is 0 Å². The summed E-state index contributed by atoms with van der Waals surface area (Å²) in [5.74, 6) is 0. The van der Waals surface area contributed by atoms with E-state index < -0.39 is 93.9 Å². The Kier molecular flexibility index (Phi) is 79.9. The van der Waals surface area contributed by atoms with Crippen molar-refractivity contribution >= 4 is 53.1 Å². The molecule has 0 unspecified atom stereocenters. The molecule has 2 radical (unpaired) electrons. The van der Waals surface area contributed by atoms with Gasteiger partial charge in [-0.05, 0) is 0 Å². The number of rotatable bonds is 0. The van der Waals surface area contributed by atoms with Gasteiger partial charge in [0.25, 0.3) is 0 Å². The van der Waals surface area contributed by atoms with Gasteiger partial charge in [-0.25, -0.2) is 0 Å². The summed E-state index contributed by atoms with van der Waals surface area (Å²) in [6.45, 7) is 0. The van der Waals surface area contributed by atoms with Gasteiger partial charge in [0, 0.05) is 0 Å². The normalized spacial score (nSPS) is 5.68. The molecule has 22 heavy (non-hydrogen) atoms. The van der Waals surface area contributed by atoms with E-state index in [9.17, 15) is 0 Å². The summed E-state index contributed by atoms with van der Waals surface area (Å²) in [5, 5.41) is 0. The standard InChI is InChI=1S/In.5Nb.15O.Pb/q+3;;;;;;;;;;;;;;;;5*-1;+2. The molecule has 0 bridgehead atoms. The molecular formula is InNb5O15Pb. The second-order valence-electron chi connectivity index (χ2n) is 1.12. The van der Waals surface area contributed by atoms with Gasteiger partial charge in [0.15, 0.2) is 0 Å². The van der Waals surface area contributed by atoms with Crippen molar-refractivity contribution in [2.45, 2.75) is 0 Å². The van der Waals surface area contributed by atoms with Gasteiger partial charge in [-0.1, -0.05) is 0 Å². The zero-order valence-electron chi connectivity index (χ0n) is 9.44. The van der Waals surface area contributed by atoms with Crippen LogP contribution in [0.4, 0.5) is 0 Å². The Bertz CT molecular complexity index is 386. The van der Waals surface area contributed by atoms with Crippen LogP contribution in [-0.2, 0) is 126 Å². The Morgan fingerprint density at radius 2 is 0.364 bits per heavy atom. The van der Waals surface area contributed by atoms with Gasteiger partial charge < -0.3 is 0 Å². The van der Waals surface area contributed by atoms with E-state index >= 15 is 0 Å². The quantitative estimate of drug-likeness (QED) is 0.204. The van der Waals surface area contributed by atoms with E-state index in [2.05, 4.69) is 0 Å². The smallest absolute Gasteiger partial charge is 2.00 e. The van der Waals surface area contributed by atoms with Crippen LogP contribution in [0.15, 0.2) is 0 Å².